The first kappa shape index (κ1) is 19.0. The average Bonchev–Trinajstić information content (AvgIpc) is 2.57. The van der Waals surface area contributed by atoms with Crippen molar-refractivity contribution in [3.63, 3.8) is 0 Å². The molecular weight excluding hydrogens is 319 g/mol. The van der Waals surface area contributed by atoms with Crippen molar-refractivity contribution >= 4 is 0 Å². The summed E-state index contributed by atoms with van der Waals surface area (Å²) in [6, 6.07) is 10.4. The van der Waals surface area contributed by atoms with Gasteiger partial charge in [0, 0.05) is 19.2 Å². The molecule has 1 aromatic heterocycles. The Morgan fingerprint density at radius 2 is 2.04 bits per heavy atom. The monoisotopic (exact) mass is 346 g/mol. The van der Waals surface area contributed by atoms with Crippen LogP contribution in [-0.2, 0) is 6.42 Å². The molecule has 0 bridgehead atoms. The highest BCUT2D eigenvalue weighted by molar-refractivity contribution is 5.30. The Balaban J connectivity index is 1.85. The lowest BCUT2D eigenvalue weighted by Gasteiger charge is -2.22. The Bertz CT molecular complexity index is 753. The first-order valence-electron chi connectivity index (χ1n) is 8.70. The summed E-state index contributed by atoms with van der Waals surface area (Å²) in [5.41, 5.74) is 1.64. The van der Waals surface area contributed by atoms with E-state index >= 15 is 0 Å². The molecule has 2 rings (SSSR count). The molecule has 1 aromatic carbocycles. The van der Waals surface area contributed by atoms with Crippen molar-refractivity contribution in [3.05, 3.63) is 59.5 Å². The molecule has 0 aliphatic heterocycles. The molecule has 136 valence electrons. The molecule has 0 amide bonds. The lowest BCUT2D eigenvalue weighted by molar-refractivity contribution is 0.171. The van der Waals surface area contributed by atoms with E-state index in [1.54, 1.807) is 30.3 Å². The topological polar surface area (TPSA) is 46.8 Å². The van der Waals surface area contributed by atoms with Gasteiger partial charge in [-0.2, -0.15) is 4.73 Å². The molecule has 0 saturated heterocycles. The number of aromatic nitrogens is 1. The molecule has 0 aliphatic carbocycles. The van der Waals surface area contributed by atoms with Crippen molar-refractivity contribution < 1.29 is 14.3 Å². The summed E-state index contributed by atoms with van der Waals surface area (Å²) in [6.07, 6.45) is 4.05. The fraction of sp³-hybridized carbons (Fsp3) is 0.450. The van der Waals surface area contributed by atoms with Crippen LogP contribution in [0.3, 0.4) is 0 Å². The highest BCUT2D eigenvalue weighted by Crippen LogP contribution is 2.27. The van der Waals surface area contributed by atoms with Gasteiger partial charge in [0.15, 0.2) is 17.1 Å². The number of nitrogens with zero attached hydrogens (tertiary/aromatic N) is 2. The van der Waals surface area contributed by atoms with Gasteiger partial charge in [0.2, 0.25) is 0 Å². The van der Waals surface area contributed by atoms with Crippen molar-refractivity contribution in [2.24, 2.45) is 10.4 Å². The van der Waals surface area contributed by atoms with Crippen molar-refractivity contribution in [2.75, 3.05) is 13.2 Å². The van der Waals surface area contributed by atoms with Crippen LogP contribution in [0, 0.1) is 11.2 Å². The summed E-state index contributed by atoms with van der Waals surface area (Å²) in [4.78, 5) is 4.26. The minimum atomic E-state index is -0.322. The first-order valence-corrected chi connectivity index (χ1v) is 8.70. The number of hydrogen-bond donors (Lipinski definition) is 1. The van der Waals surface area contributed by atoms with Crippen molar-refractivity contribution in [2.45, 2.75) is 40.0 Å². The molecule has 0 atom stereocenters. The van der Waals surface area contributed by atoms with Crippen LogP contribution in [0.15, 0.2) is 47.6 Å². The summed E-state index contributed by atoms with van der Waals surface area (Å²) < 4.78 is 20.7. The van der Waals surface area contributed by atoms with Gasteiger partial charge in [-0.15, -0.1) is 0 Å². The SMILES string of the molecule is CCC(C)(C)Cc1ccc(OCCCN=c2ccccn2O)c(F)c1. The maximum atomic E-state index is 14.2. The van der Waals surface area contributed by atoms with Crippen LogP contribution in [0.25, 0.3) is 0 Å². The minimum absolute atomic E-state index is 0.164. The molecule has 0 radical (unpaired) electrons. The molecule has 25 heavy (non-hydrogen) atoms. The lowest BCUT2D eigenvalue weighted by Crippen LogP contribution is -2.17. The van der Waals surface area contributed by atoms with Crippen LogP contribution in [0.1, 0.15) is 39.2 Å². The lowest BCUT2D eigenvalue weighted by atomic mass is 9.83. The molecule has 0 aliphatic rings. The summed E-state index contributed by atoms with van der Waals surface area (Å²) >= 11 is 0. The van der Waals surface area contributed by atoms with E-state index in [2.05, 4.69) is 25.8 Å². The predicted octanol–water partition coefficient (Wildman–Crippen LogP) is 4.21. The summed E-state index contributed by atoms with van der Waals surface area (Å²) in [5, 5.41) is 9.55. The third-order valence-electron chi connectivity index (χ3n) is 4.29. The van der Waals surface area contributed by atoms with Crippen molar-refractivity contribution in [1.29, 1.82) is 0 Å². The Kier molecular flexibility index (Phi) is 6.62. The number of rotatable bonds is 8. The maximum Gasteiger partial charge on any atom is 0.165 e. The Labute approximate surface area is 148 Å². The summed E-state index contributed by atoms with van der Waals surface area (Å²) in [7, 11) is 0. The van der Waals surface area contributed by atoms with Gasteiger partial charge in [-0.25, -0.2) is 4.39 Å². The maximum absolute atomic E-state index is 14.2. The van der Waals surface area contributed by atoms with Gasteiger partial charge in [0.05, 0.1) is 6.61 Å². The molecule has 0 unspecified atom stereocenters. The van der Waals surface area contributed by atoms with Crippen molar-refractivity contribution in [3.8, 4) is 5.75 Å². The van der Waals surface area contributed by atoms with Gasteiger partial charge in [-0.1, -0.05) is 39.3 Å². The van der Waals surface area contributed by atoms with Gasteiger partial charge in [-0.3, -0.25) is 4.99 Å². The number of hydrogen-bond acceptors (Lipinski definition) is 3. The standard InChI is InChI=1S/C20H27FN2O2/c1-4-20(2,3)15-16-9-10-18(17(21)14-16)25-13-7-11-22-19-8-5-6-12-23(19)24/h5-6,8-10,12,14,24H,4,7,11,13,15H2,1-3H3. The fourth-order valence-corrected chi connectivity index (χ4v) is 2.44. The average molecular weight is 346 g/mol. The van der Waals surface area contributed by atoms with E-state index in [1.165, 1.54) is 6.20 Å². The van der Waals surface area contributed by atoms with Crippen LogP contribution >= 0.6 is 0 Å². The molecule has 4 nitrogen and oxygen atoms in total. The van der Waals surface area contributed by atoms with Gasteiger partial charge in [0.25, 0.3) is 0 Å². The van der Waals surface area contributed by atoms with E-state index < -0.39 is 0 Å². The van der Waals surface area contributed by atoms with Crippen LogP contribution in [0.5, 0.6) is 5.75 Å². The predicted molar refractivity (Wildman–Crippen MR) is 96.3 cm³/mol. The molecule has 0 saturated carbocycles. The second kappa shape index (κ2) is 8.70. The molecule has 1 N–H and O–H groups in total. The molecule has 1 heterocycles. The highest BCUT2D eigenvalue weighted by Gasteiger charge is 2.16. The number of pyridine rings is 1. The van der Waals surface area contributed by atoms with E-state index in [4.69, 9.17) is 4.74 Å². The van der Waals surface area contributed by atoms with E-state index in [0.717, 1.165) is 23.1 Å². The highest BCUT2D eigenvalue weighted by atomic mass is 19.1. The zero-order valence-electron chi connectivity index (χ0n) is 15.2. The largest absolute Gasteiger partial charge is 0.490 e. The Morgan fingerprint density at radius 3 is 2.72 bits per heavy atom. The van der Waals surface area contributed by atoms with E-state index in [1.807, 2.05) is 6.07 Å². The molecule has 5 heteroatoms. The third kappa shape index (κ3) is 5.93. The van der Waals surface area contributed by atoms with Crippen LogP contribution in [0.4, 0.5) is 4.39 Å². The minimum Gasteiger partial charge on any atom is -0.490 e. The summed E-state index contributed by atoms with van der Waals surface area (Å²) in [6.45, 7) is 7.38. The van der Waals surface area contributed by atoms with E-state index in [0.29, 0.717) is 25.1 Å². The summed E-state index contributed by atoms with van der Waals surface area (Å²) in [5.74, 6) is -0.0485. The van der Waals surface area contributed by atoms with Gasteiger partial charge in [0.1, 0.15) is 0 Å². The second-order valence-corrected chi connectivity index (χ2v) is 6.95. The zero-order chi connectivity index (χ0) is 18.3. The molecule has 0 spiro atoms. The Hall–Kier alpha value is -2.30. The van der Waals surface area contributed by atoms with E-state index in [9.17, 15) is 9.60 Å². The fourth-order valence-electron chi connectivity index (χ4n) is 2.44. The van der Waals surface area contributed by atoms with Crippen LogP contribution in [-0.4, -0.2) is 23.1 Å². The van der Waals surface area contributed by atoms with Gasteiger partial charge < -0.3 is 9.94 Å². The molecule has 0 fully saturated rings. The number of ether oxygens (including phenoxy) is 1. The van der Waals surface area contributed by atoms with Gasteiger partial charge in [-0.05, 0) is 41.7 Å². The van der Waals surface area contributed by atoms with Gasteiger partial charge >= 0.3 is 0 Å². The number of halogens is 1. The normalized spacial score (nSPS) is 12.4. The molecule has 2 aromatic rings. The smallest absolute Gasteiger partial charge is 0.165 e. The number of benzene rings is 1. The quantitative estimate of drug-likeness (QED) is 0.575. The Morgan fingerprint density at radius 1 is 1.24 bits per heavy atom. The van der Waals surface area contributed by atoms with Crippen LogP contribution < -0.4 is 10.2 Å². The zero-order valence-corrected chi connectivity index (χ0v) is 15.2. The van der Waals surface area contributed by atoms with Crippen molar-refractivity contribution in [1.82, 2.24) is 4.73 Å². The van der Waals surface area contributed by atoms with E-state index in [-0.39, 0.29) is 17.0 Å². The second-order valence-electron chi connectivity index (χ2n) is 6.95. The third-order valence-corrected chi connectivity index (χ3v) is 4.29. The molecular formula is C20H27FN2O2. The first-order chi connectivity index (χ1) is 11.9. The van der Waals surface area contributed by atoms with Crippen LogP contribution in [0.2, 0.25) is 0 Å².